The average molecular weight is 453 g/mol. The standard InChI is InChI=1S/C24H33FN2O3.ClH/c25-15-18(16-26)17-30-21-3-1-20(2-4-21)23-7-10-24(11-8-23,12-9-23)27-22(28)19-5-13-29-14-6-19;/h1-4,15,19H,5-14,16-17,26H2,(H,27,28);1H. The molecule has 0 atom stereocenters. The maximum absolute atomic E-state index is 12.8. The first-order chi connectivity index (χ1) is 14.6. The van der Waals surface area contributed by atoms with Gasteiger partial charge in [0, 0.05) is 36.8 Å². The molecule has 1 aromatic carbocycles. The lowest BCUT2D eigenvalue weighted by molar-refractivity contribution is -0.131. The van der Waals surface area contributed by atoms with E-state index in [9.17, 15) is 9.18 Å². The van der Waals surface area contributed by atoms with Crippen LogP contribution in [0, 0.1) is 5.92 Å². The van der Waals surface area contributed by atoms with Crippen molar-refractivity contribution >= 4 is 18.3 Å². The van der Waals surface area contributed by atoms with E-state index in [0.717, 1.165) is 57.1 Å². The van der Waals surface area contributed by atoms with Crippen LogP contribution in [0.15, 0.2) is 36.2 Å². The fourth-order valence-electron chi connectivity index (χ4n) is 5.35. The molecule has 5 rings (SSSR count). The van der Waals surface area contributed by atoms with Crippen LogP contribution in [0.2, 0.25) is 0 Å². The minimum Gasteiger partial charge on any atom is -0.489 e. The molecule has 172 valence electrons. The van der Waals surface area contributed by atoms with Crippen molar-refractivity contribution in [2.75, 3.05) is 26.4 Å². The average Bonchev–Trinajstić information content (AvgIpc) is 2.82. The quantitative estimate of drug-likeness (QED) is 0.650. The van der Waals surface area contributed by atoms with Gasteiger partial charge < -0.3 is 20.5 Å². The summed E-state index contributed by atoms with van der Waals surface area (Å²) in [6, 6.07) is 8.24. The van der Waals surface area contributed by atoms with Crippen LogP contribution in [0.4, 0.5) is 4.39 Å². The summed E-state index contributed by atoms with van der Waals surface area (Å²) >= 11 is 0. The van der Waals surface area contributed by atoms with Gasteiger partial charge in [-0.2, -0.15) is 0 Å². The molecule has 4 fully saturated rings. The molecule has 2 bridgehead atoms. The van der Waals surface area contributed by atoms with Gasteiger partial charge in [-0.3, -0.25) is 4.79 Å². The van der Waals surface area contributed by atoms with Crippen LogP contribution in [0.3, 0.4) is 0 Å². The molecule has 1 aromatic rings. The molecule has 5 nitrogen and oxygen atoms in total. The second-order valence-corrected chi connectivity index (χ2v) is 9.22. The van der Waals surface area contributed by atoms with Crippen LogP contribution < -0.4 is 15.8 Å². The van der Waals surface area contributed by atoms with Crippen LogP contribution in [0.1, 0.15) is 56.9 Å². The monoisotopic (exact) mass is 452 g/mol. The van der Waals surface area contributed by atoms with Gasteiger partial charge in [-0.1, -0.05) is 12.1 Å². The number of nitrogens with two attached hydrogens (primary N) is 1. The van der Waals surface area contributed by atoms with E-state index in [-0.39, 0.29) is 48.3 Å². The third-order valence-corrected chi connectivity index (χ3v) is 7.53. The fraction of sp³-hybridized carbons (Fsp3) is 0.625. The summed E-state index contributed by atoms with van der Waals surface area (Å²) in [5.74, 6) is 1.07. The summed E-state index contributed by atoms with van der Waals surface area (Å²) in [6.07, 6.45) is 8.63. The molecule has 3 saturated carbocycles. The molecule has 7 heteroatoms. The van der Waals surface area contributed by atoms with Crippen LogP contribution >= 0.6 is 12.4 Å². The number of nitrogens with one attached hydrogen (secondary N) is 1. The molecular weight excluding hydrogens is 419 g/mol. The number of hydrogen-bond donors (Lipinski definition) is 2. The van der Waals surface area contributed by atoms with E-state index in [1.165, 1.54) is 5.56 Å². The van der Waals surface area contributed by atoms with Gasteiger partial charge in [0.05, 0.1) is 6.33 Å². The molecule has 0 radical (unpaired) electrons. The third kappa shape index (κ3) is 5.24. The Morgan fingerprint density at radius 2 is 1.74 bits per heavy atom. The molecule has 0 spiro atoms. The van der Waals surface area contributed by atoms with E-state index < -0.39 is 0 Å². The Kier molecular flexibility index (Phi) is 8.00. The van der Waals surface area contributed by atoms with Crippen molar-refractivity contribution in [2.24, 2.45) is 11.7 Å². The fourth-order valence-corrected chi connectivity index (χ4v) is 5.35. The van der Waals surface area contributed by atoms with Gasteiger partial charge in [0.1, 0.15) is 12.4 Å². The molecule has 1 saturated heterocycles. The highest BCUT2D eigenvalue weighted by molar-refractivity contribution is 5.85. The lowest BCUT2D eigenvalue weighted by Gasteiger charge is -2.54. The van der Waals surface area contributed by atoms with Gasteiger partial charge >= 0.3 is 0 Å². The molecule has 0 unspecified atom stereocenters. The number of halogens is 2. The van der Waals surface area contributed by atoms with Crippen molar-refractivity contribution in [3.8, 4) is 5.75 Å². The van der Waals surface area contributed by atoms with Crippen molar-refractivity contribution in [1.29, 1.82) is 0 Å². The second-order valence-electron chi connectivity index (χ2n) is 9.22. The predicted molar refractivity (Wildman–Crippen MR) is 121 cm³/mol. The van der Waals surface area contributed by atoms with E-state index in [0.29, 0.717) is 25.1 Å². The second kappa shape index (κ2) is 10.3. The maximum Gasteiger partial charge on any atom is 0.223 e. The van der Waals surface area contributed by atoms with E-state index in [2.05, 4.69) is 17.4 Å². The van der Waals surface area contributed by atoms with Crippen molar-refractivity contribution < 1.29 is 18.7 Å². The highest BCUT2D eigenvalue weighted by Gasteiger charge is 2.50. The lowest BCUT2D eigenvalue weighted by Crippen LogP contribution is -2.59. The molecule has 3 aliphatic carbocycles. The Labute approximate surface area is 190 Å². The summed E-state index contributed by atoms with van der Waals surface area (Å²) in [7, 11) is 0. The summed E-state index contributed by atoms with van der Waals surface area (Å²) in [4.78, 5) is 12.8. The van der Waals surface area contributed by atoms with Crippen LogP contribution in [0.25, 0.3) is 0 Å². The van der Waals surface area contributed by atoms with E-state index >= 15 is 0 Å². The van der Waals surface area contributed by atoms with E-state index in [1.54, 1.807) is 0 Å². The van der Waals surface area contributed by atoms with Crippen LogP contribution in [0.5, 0.6) is 5.75 Å². The first-order valence-electron chi connectivity index (χ1n) is 11.2. The number of rotatable bonds is 7. The molecule has 1 amide bonds. The number of amides is 1. The van der Waals surface area contributed by atoms with Gasteiger partial charge in [0.25, 0.3) is 0 Å². The molecule has 4 aliphatic rings. The minimum atomic E-state index is -0.0164. The third-order valence-electron chi connectivity index (χ3n) is 7.53. The largest absolute Gasteiger partial charge is 0.489 e. The SMILES string of the molecule is Cl.NCC(=CF)COc1ccc(C23CCC(NC(=O)C4CCOCC4)(CC2)CC3)cc1. The van der Waals surface area contributed by atoms with Crippen molar-refractivity contribution in [3.63, 3.8) is 0 Å². The van der Waals surface area contributed by atoms with Gasteiger partial charge in [-0.25, -0.2) is 4.39 Å². The zero-order valence-corrected chi connectivity index (χ0v) is 18.9. The summed E-state index contributed by atoms with van der Waals surface area (Å²) in [5.41, 5.74) is 7.44. The number of benzene rings is 1. The Balaban J connectivity index is 0.00000272. The van der Waals surface area contributed by atoms with Gasteiger partial charge in [0.15, 0.2) is 0 Å². The Morgan fingerprint density at radius 1 is 1.13 bits per heavy atom. The maximum atomic E-state index is 12.8. The summed E-state index contributed by atoms with van der Waals surface area (Å²) in [6.45, 7) is 1.73. The molecular formula is C24H34ClFN2O3. The van der Waals surface area contributed by atoms with Crippen molar-refractivity contribution in [2.45, 2.75) is 62.3 Å². The predicted octanol–water partition coefficient (Wildman–Crippen LogP) is 4.19. The minimum absolute atomic E-state index is 0. The zero-order chi connectivity index (χ0) is 21.0. The summed E-state index contributed by atoms with van der Waals surface area (Å²) < 4.78 is 23.7. The zero-order valence-electron chi connectivity index (χ0n) is 18.0. The topological polar surface area (TPSA) is 73.6 Å². The normalized spacial score (nSPS) is 28.6. The lowest BCUT2D eigenvalue weighted by atomic mass is 9.55. The first kappa shape index (κ1) is 24.0. The van der Waals surface area contributed by atoms with Gasteiger partial charge in [-0.15, -0.1) is 12.4 Å². The van der Waals surface area contributed by atoms with Crippen LogP contribution in [-0.2, 0) is 14.9 Å². The number of fused-ring (bicyclic) bond motifs is 3. The Bertz CT molecular complexity index is 753. The molecule has 3 N–H and O–H groups in total. The van der Waals surface area contributed by atoms with Gasteiger partial charge in [-0.05, 0) is 74.5 Å². The summed E-state index contributed by atoms with van der Waals surface area (Å²) in [5, 5.41) is 3.45. The van der Waals surface area contributed by atoms with Gasteiger partial charge in [0.2, 0.25) is 5.91 Å². The molecule has 0 aromatic heterocycles. The molecule has 1 heterocycles. The number of carbonyl (C=O) groups excluding carboxylic acids is 1. The molecule has 1 aliphatic heterocycles. The highest BCUT2D eigenvalue weighted by atomic mass is 35.5. The smallest absolute Gasteiger partial charge is 0.223 e. The number of hydrogen-bond acceptors (Lipinski definition) is 4. The number of ether oxygens (including phenoxy) is 2. The van der Waals surface area contributed by atoms with Crippen molar-refractivity contribution in [1.82, 2.24) is 5.32 Å². The number of carbonyl (C=O) groups is 1. The molecule has 31 heavy (non-hydrogen) atoms. The first-order valence-corrected chi connectivity index (χ1v) is 11.2. The van der Waals surface area contributed by atoms with Crippen LogP contribution in [-0.4, -0.2) is 37.8 Å². The van der Waals surface area contributed by atoms with E-state index in [4.69, 9.17) is 15.2 Å². The van der Waals surface area contributed by atoms with E-state index in [1.807, 2.05) is 12.1 Å². The Morgan fingerprint density at radius 3 is 2.29 bits per heavy atom. The Hall–Kier alpha value is -1.63. The highest BCUT2D eigenvalue weighted by Crippen LogP contribution is 2.53. The van der Waals surface area contributed by atoms with Crippen molar-refractivity contribution in [3.05, 3.63) is 41.7 Å².